The van der Waals surface area contributed by atoms with E-state index in [4.69, 9.17) is 4.74 Å². The van der Waals surface area contributed by atoms with Crippen molar-refractivity contribution in [3.63, 3.8) is 0 Å². The Morgan fingerprint density at radius 1 is 1.17 bits per heavy atom. The van der Waals surface area contributed by atoms with Crippen LogP contribution >= 0.6 is 22.6 Å². The normalized spacial score (nSPS) is 24.0. The van der Waals surface area contributed by atoms with Crippen LogP contribution in [0.25, 0.3) is 0 Å². The first kappa shape index (κ1) is 20.1. The van der Waals surface area contributed by atoms with Gasteiger partial charge in [0.2, 0.25) is 0 Å². The number of carbonyl (C=O) groups excluding carboxylic acids is 2. The van der Waals surface area contributed by atoms with Crippen molar-refractivity contribution in [1.29, 1.82) is 0 Å². The maximum absolute atomic E-state index is 13.0. The lowest BCUT2D eigenvalue weighted by atomic mass is 9.86. The molecule has 2 saturated heterocycles. The van der Waals surface area contributed by atoms with Gasteiger partial charge in [0, 0.05) is 36.0 Å². The Kier molecular flexibility index (Phi) is 6.03. The molecule has 0 unspecified atom stereocenters. The van der Waals surface area contributed by atoms with E-state index in [0.29, 0.717) is 25.2 Å². The van der Waals surface area contributed by atoms with E-state index in [1.54, 1.807) is 24.5 Å². The zero-order chi connectivity index (χ0) is 20.3. The molecule has 29 heavy (non-hydrogen) atoms. The van der Waals surface area contributed by atoms with E-state index < -0.39 is 0 Å². The minimum absolute atomic E-state index is 0.0229. The quantitative estimate of drug-likeness (QED) is 0.469. The molecule has 2 fully saturated rings. The molecule has 0 radical (unpaired) electrons. The van der Waals surface area contributed by atoms with Crippen molar-refractivity contribution in [1.82, 2.24) is 14.8 Å². The third-order valence-electron chi connectivity index (χ3n) is 5.85. The zero-order valence-electron chi connectivity index (χ0n) is 16.2. The fourth-order valence-corrected chi connectivity index (χ4v) is 5.48. The summed E-state index contributed by atoms with van der Waals surface area (Å²) in [6.07, 6.45) is 5.65. The summed E-state index contributed by atoms with van der Waals surface area (Å²) in [5.74, 6) is -0.0229. The van der Waals surface area contributed by atoms with Crippen molar-refractivity contribution in [2.75, 3.05) is 19.6 Å². The number of alkyl halides is 1. The van der Waals surface area contributed by atoms with Crippen LogP contribution in [-0.4, -0.2) is 55.9 Å². The van der Waals surface area contributed by atoms with E-state index in [2.05, 4.69) is 27.6 Å². The molecule has 0 saturated carbocycles. The second kappa shape index (κ2) is 8.69. The van der Waals surface area contributed by atoms with Crippen molar-refractivity contribution in [2.45, 2.75) is 35.3 Å². The van der Waals surface area contributed by atoms with Crippen LogP contribution in [-0.2, 0) is 11.3 Å². The molecule has 2 atom stereocenters. The number of rotatable bonds is 3. The minimum Gasteiger partial charge on any atom is -0.445 e. The summed E-state index contributed by atoms with van der Waals surface area (Å²) in [7, 11) is 0. The van der Waals surface area contributed by atoms with Crippen LogP contribution in [0.15, 0.2) is 54.9 Å². The topological polar surface area (TPSA) is 62.7 Å². The van der Waals surface area contributed by atoms with Gasteiger partial charge in [-0.2, -0.15) is 0 Å². The number of pyridine rings is 1. The van der Waals surface area contributed by atoms with Gasteiger partial charge in [-0.3, -0.25) is 14.7 Å². The third-order valence-corrected chi connectivity index (χ3v) is 7.63. The van der Waals surface area contributed by atoms with Crippen LogP contribution in [0.5, 0.6) is 0 Å². The molecule has 1 aromatic carbocycles. The molecule has 0 N–H and O–H groups in total. The monoisotopic (exact) mass is 505 g/mol. The average Bonchev–Trinajstić information content (AvgIpc) is 3.19. The number of piperidine rings is 1. The third kappa shape index (κ3) is 4.10. The number of ether oxygens (including phenoxy) is 1. The number of benzene rings is 1. The summed E-state index contributed by atoms with van der Waals surface area (Å²) in [4.78, 5) is 33.8. The molecule has 2 aromatic rings. The molecule has 1 aromatic heterocycles. The number of hydrogen-bond acceptors (Lipinski definition) is 4. The van der Waals surface area contributed by atoms with Crippen molar-refractivity contribution in [2.24, 2.45) is 0 Å². The highest BCUT2D eigenvalue weighted by Crippen LogP contribution is 2.42. The lowest BCUT2D eigenvalue weighted by Crippen LogP contribution is -2.63. The van der Waals surface area contributed by atoms with Gasteiger partial charge < -0.3 is 9.64 Å². The van der Waals surface area contributed by atoms with Gasteiger partial charge in [-0.05, 0) is 37.0 Å². The lowest BCUT2D eigenvalue weighted by molar-refractivity contribution is 0.0274. The molecule has 4 rings (SSSR count). The predicted molar refractivity (Wildman–Crippen MR) is 118 cm³/mol. The van der Waals surface area contributed by atoms with E-state index in [9.17, 15) is 9.59 Å². The number of aromatic nitrogens is 1. The minimum atomic E-state index is -0.371. The van der Waals surface area contributed by atoms with E-state index in [1.807, 2.05) is 40.1 Å². The summed E-state index contributed by atoms with van der Waals surface area (Å²) < 4.78 is 5.92. The number of carbonyl (C=O) groups is 2. The Bertz CT molecular complexity index is 864. The molecule has 6 nitrogen and oxygen atoms in total. The number of halogens is 1. The van der Waals surface area contributed by atoms with E-state index in [0.717, 1.165) is 24.8 Å². The molecule has 3 heterocycles. The fourth-order valence-electron chi connectivity index (χ4n) is 4.35. The smallest absolute Gasteiger partial charge is 0.410 e. The molecule has 2 aliphatic rings. The summed E-state index contributed by atoms with van der Waals surface area (Å²) in [6, 6.07) is 13.3. The summed E-state index contributed by atoms with van der Waals surface area (Å²) >= 11 is 2.45. The molecule has 7 heteroatoms. The van der Waals surface area contributed by atoms with Gasteiger partial charge in [-0.1, -0.05) is 52.9 Å². The highest BCUT2D eigenvalue weighted by atomic mass is 127. The van der Waals surface area contributed by atoms with Gasteiger partial charge in [0.1, 0.15) is 6.61 Å². The van der Waals surface area contributed by atoms with Crippen molar-refractivity contribution in [3.8, 4) is 0 Å². The highest BCUT2D eigenvalue weighted by Gasteiger charge is 2.52. The Morgan fingerprint density at radius 3 is 2.76 bits per heavy atom. The average molecular weight is 505 g/mol. The first-order valence-electron chi connectivity index (χ1n) is 9.92. The van der Waals surface area contributed by atoms with Gasteiger partial charge in [0.25, 0.3) is 5.91 Å². The van der Waals surface area contributed by atoms with Crippen molar-refractivity contribution < 1.29 is 14.3 Å². The Labute approximate surface area is 184 Å². The molecular formula is C22H24IN3O3. The van der Waals surface area contributed by atoms with Crippen LogP contribution in [0, 0.1) is 0 Å². The SMILES string of the molecule is O=C(c1cccnc1)N1CC[C@H](I)[C@]2(CCCN2C(=O)OCc2ccccc2)C1. The fraction of sp³-hybridized carbons (Fsp3) is 0.409. The molecular weight excluding hydrogens is 481 g/mol. The van der Waals surface area contributed by atoms with Crippen LogP contribution in [0.2, 0.25) is 0 Å². The summed E-state index contributed by atoms with van der Waals surface area (Å²) in [6.45, 7) is 2.16. The van der Waals surface area contributed by atoms with E-state index in [1.165, 1.54) is 0 Å². The standard InChI is InChI=1S/C22H24IN3O3/c23-19-9-13-25(20(27)18-8-4-11-24-14-18)16-22(19)10-5-12-26(22)21(28)29-15-17-6-2-1-3-7-17/h1-4,6-8,11,14,19H,5,9-10,12-13,15-16H2/t19-,22-/m0/s1. The molecule has 2 aliphatic heterocycles. The maximum atomic E-state index is 13.0. The van der Waals surface area contributed by atoms with E-state index >= 15 is 0 Å². The van der Waals surface area contributed by atoms with Crippen LogP contribution in [0.1, 0.15) is 35.2 Å². The van der Waals surface area contributed by atoms with Gasteiger partial charge >= 0.3 is 6.09 Å². The molecule has 0 bridgehead atoms. The second-order valence-corrected chi connectivity index (χ2v) is 9.13. The number of nitrogens with zero attached hydrogens (tertiary/aromatic N) is 3. The Balaban J connectivity index is 1.49. The van der Waals surface area contributed by atoms with Crippen LogP contribution in [0.3, 0.4) is 0 Å². The van der Waals surface area contributed by atoms with E-state index in [-0.39, 0.29) is 28.1 Å². The number of likely N-dealkylation sites (tertiary alicyclic amines) is 2. The largest absolute Gasteiger partial charge is 0.445 e. The summed E-state index contributed by atoms with van der Waals surface area (Å²) in [5.41, 5.74) is 1.19. The number of amides is 2. The molecule has 1 spiro atoms. The van der Waals surface area contributed by atoms with Gasteiger partial charge in [0.15, 0.2) is 0 Å². The van der Waals surface area contributed by atoms with Gasteiger partial charge in [-0.15, -0.1) is 0 Å². The molecule has 152 valence electrons. The summed E-state index contributed by atoms with van der Waals surface area (Å²) in [5, 5.41) is 0. The highest BCUT2D eigenvalue weighted by molar-refractivity contribution is 14.1. The van der Waals surface area contributed by atoms with Gasteiger partial charge in [-0.25, -0.2) is 4.79 Å². The first-order valence-corrected chi connectivity index (χ1v) is 11.2. The van der Waals surface area contributed by atoms with Crippen LogP contribution < -0.4 is 0 Å². The van der Waals surface area contributed by atoms with Crippen molar-refractivity contribution >= 4 is 34.6 Å². The van der Waals surface area contributed by atoms with Gasteiger partial charge in [0.05, 0.1) is 11.1 Å². The molecule has 2 amide bonds. The Hall–Kier alpha value is -2.16. The molecule has 0 aliphatic carbocycles. The zero-order valence-corrected chi connectivity index (χ0v) is 18.3. The predicted octanol–water partition coefficient (Wildman–Crippen LogP) is 3.90. The lowest BCUT2D eigenvalue weighted by Gasteiger charge is -2.48. The second-order valence-electron chi connectivity index (χ2n) is 7.62. The Morgan fingerprint density at radius 2 is 2.00 bits per heavy atom. The maximum Gasteiger partial charge on any atom is 0.410 e. The first-order chi connectivity index (χ1) is 14.1. The number of hydrogen-bond donors (Lipinski definition) is 0. The van der Waals surface area contributed by atoms with Crippen LogP contribution in [0.4, 0.5) is 4.79 Å². The van der Waals surface area contributed by atoms with Crippen molar-refractivity contribution in [3.05, 3.63) is 66.0 Å².